The highest BCUT2D eigenvalue weighted by Gasteiger charge is 2.07. The van der Waals surface area contributed by atoms with E-state index in [0.29, 0.717) is 11.4 Å². The van der Waals surface area contributed by atoms with Crippen molar-refractivity contribution in [2.75, 3.05) is 12.0 Å². The summed E-state index contributed by atoms with van der Waals surface area (Å²) in [6, 6.07) is 23.5. The van der Waals surface area contributed by atoms with Crippen molar-refractivity contribution in [3.63, 3.8) is 0 Å². The first-order valence-electron chi connectivity index (χ1n) is 9.52. The van der Waals surface area contributed by atoms with Crippen molar-refractivity contribution in [1.82, 2.24) is 4.98 Å². The molecule has 3 aromatic carbocycles. The molecule has 0 fully saturated rings. The van der Waals surface area contributed by atoms with E-state index < -0.39 is 0 Å². The number of rotatable bonds is 3. The van der Waals surface area contributed by atoms with Gasteiger partial charge in [-0.05, 0) is 59.8 Å². The summed E-state index contributed by atoms with van der Waals surface area (Å²) in [6.45, 7) is 0. The molecule has 0 aliphatic heterocycles. The molecule has 1 heterocycles. The first-order chi connectivity index (χ1) is 15.1. The lowest BCUT2D eigenvalue weighted by atomic mass is 10.0. The SMILES string of the molecule is CSc1cccc(-c2ccc3nc(N)cc(C#Cc4cccc(/C(N)=N/O)c4)c3c2)c1. The van der Waals surface area contributed by atoms with Gasteiger partial charge in [-0.15, -0.1) is 11.8 Å². The van der Waals surface area contributed by atoms with E-state index in [1.54, 1.807) is 30.0 Å². The Labute approximate surface area is 184 Å². The number of thioether (sulfide) groups is 1. The van der Waals surface area contributed by atoms with Gasteiger partial charge in [0.15, 0.2) is 5.84 Å². The zero-order valence-electron chi connectivity index (χ0n) is 16.8. The maximum atomic E-state index is 8.89. The Morgan fingerprint density at radius 1 is 0.968 bits per heavy atom. The van der Waals surface area contributed by atoms with Gasteiger partial charge >= 0.3 is 0 Å². The molecule has 0 atom stereocenters. The quantitative estimate of drug-likeness (QED) is 0.111. The minimum Gasteiger partial charge on any atom is -0.409 e. The Morgan fingerprint density at radius 2 is 1.77 bits per heavy atom. The molecule has 5 nitrogen and oxygen atoms in total. The smallest absolute Gasteiger partial charge is 0.170 e. The highest BCUT2D eigenvalue weighted by atomic mass is 32.2. The molecule has 0 spiro atoms. The number of anilines is 1. The number of hydrogen-bond acceptors (Lipinski definition) is 5. The first-order valence-corrected chi connectivity index (χ1v) is 10.7. The molecule has 31 heavy (non-hydrogen) atoms. The number of fused-ring (bicyclic) bond motifs is 1. The van der Waals surface area contributed by atoms with Crippen molar-refractivity contribution in [3.8, 4) is 23.0 Å². The molecule has 0 saturated carbocycles. The van der Waals surface area contributed by atoms with E-state index in [9.17, 15) is 0 Å². The molecular weight excluding hydrogens is 404 g/mol. The monoisotopic (exact) mass is 424 g/mol. The fourth-order valence-corrected chi connectivity index (χ4v) is 3.74. The average molecular weight is 425 g/mol. The van der Waals surface area contributed by atoms with Crippen LogP contribution in [0.15, 0.2) is 82.8 Å². The van der Waals surface area contributed by atoms with Crippen molar-refractivity contribution in [2.24, 2.45) is 10.9 Å². The summed E-state index contributed by atoms with van der Waals surface area (Å²) in [6.07, 6.45) is 2.06. The lowest BCUT2D eigenvalue weighted by Crippen LogP contribution is -2.12. The van der Waals surface area contributed by atoms with E-state index in [2.05, 4.69) is 58.6 Å². The number of oxime groups is 1. The molecule has 4 aromatic rings. The molecule has 0 radical (unpaired) electrons. The number of nitrogen functional groups attached to an aromatic ring is 1. The summed E-state index contributed by atoms with van der Waals surface area (Å²) in [5, 5.41) is 12.9. The number of nitrogens with two attached hydrogens (primary N) is 2. The number of pyridine rings is 1. The average Bonchev–Trinajstić information content (AvgIpc) is 2.81. The van der Waals surface area contributed by atoms with Crippen LogP contribution in [-0.4, -0.2) is 22.3 Å². The fourth-order valence-electron chi connectivity index (χ4n) is 3.29. The van der Waals surface area contributed by atoms with E-state index in [-0.39, 0.29) is 5.84 Å². The lowest BCUT2D eigenvalue weighted by molar-refractivity contribution is 0.318. The zero-order chi connectivity index (χ0) is 21.8. The Kier molecular flexibility index (Phi) is 5.78. The Balaban J connectivity index is 1.80. The van der Waals surface area contributed by atoms with Crippen molar-refractivity contribution >= 4 is 34.3 Å². The van der Waals surface area contributed by atoms with Gasteiger partial charge in [0.2, 0.25) is 0 Å². The molecule has 0 unspecified atom stereocenters. The molecule has 1 aromatic heterocycles. The van der Waals surface area contributed by atoms with Gasteiger partial charge in [0.05, 0.1) is 5.52 Å². The van der Waals surface area contributed by atoms with Gasteiger partial charge in [0.1, 0.15) is 5.82 Å². The standard InChI is InChI=1S/C25H20N4OS/c1-31-21-7-3-5-17(13-21)18-10-11-23-22(14-18)19(15-24(26)28-23)9-8-16-4-2-6-20(12-16)25(27)29-30/h2-7,10-15,30H,1H3,(H2,26,28)(H2,27,29). The van der Waals surface area contributed by atoms with Gasteiger partial charge in [-0.25, -0.2) is 4.98 Å². The second kappa shape index (κ2) is 8.82. The molecule has 152 valence electrons. The van der Waals surface area contributed by atoms with Crippen molar-refractivity contribution in [1.29, 1.82) is 0 Å². The van der Waals surface area contributed by atoms with Gasteiger partial charge < -0.3 is 16.7 Å². The van der Waals surface area contributed by atoms with E-state index >= 15 is 0 Å². The van der Waals surface area contributed by atoms with Gasteiger partial charge in [0, 0.05) is 27.0 Å². The number of aromatic nitrogens is 1. The number of amidine groups is 1. The van der Waals surface area contributed by atoms with Gasteiger partial charge in [0.25, 0.3) is 0 Å². The van der Waals surface area contributed by atoms with E-state index in [1.807, 2.05) is 24.3 Å². The predicted molar refractivity (Wildman–Crippen MR) is 128 cm³/mol. The summed E-state index contributed by atoms with van der Waals surface area (Å²) in [5.41, 5.74) is 16.9. The minimum absolute atomic E-state index is 0.0411. The molecule has 5 N–H and O–H groups in total. The molecule has 0 aliphatic carbocycles. The summed E-state index contributed by atoms with van der Waals surface area (Å²) < 4.78 is 0. The second-order valence-corrected chi connectivity index (χ2v) is 7.75. The van der Waals surface area contributed by atoms with Crippen LogP contribution in [0.4, 0.5) is 5.82 Å². The van der Waals surface area contributed by atoms with Crippen LogP contribution in [0.25, 0.3) is 22.0 Å². The number of hydrogen-bond donors (Lipinski definition) is 3. The minimum atomic E-state index is 0.0411. The van der Waals surface area contributed by atoms with Crippen LogP contribution in [0.3, 0.4) is 0 Å². The molecule has 6 heteroatoms. The van der Waals surface area contributed by atoms with Crippen molar-refractivity contribution in [3.05, 3.63) is 89.5 Å². The van der Waals surface area contributed by atoms with Crippen LogP contribution >= 0.6 is 11.8 Å². The Bertz CT molecular complexity index is 1370. The maximum Gasteiger partial charge on any atom is 0.170 e. The molecule has 0 saturated heterocycles. The topological polar surface area (TPSA) is 97.5 Å². The largest absolute Gasteiger partial charge is 0.409 e. The van der Waals surface area contributed by atoms with Gasteiger partial charge in [-0.2, -0.15) is 0 Å². The van der Waals surface area contributed by atoms with Crippen LogP contribution in [-0.2, 0) is 0 Å². The zero-order valence-corrected chi connectivity index (χ0v) is 17.6. The van der Waals surface area contributed by atoms with Crippen LogP contribution in [0.5, 0.6) is 0 Å². The highest BCUT2D eigenvalue weighted by molar-refractivity contribution is 7.98. The third-order valence-corrected chi connectivity index (χ3v) is 5.56. The van der Waals surface area contributed by atoms with Crippen LogP contribution in [0.2, 0.25) is 0 Å². The molecule has 0 amide bonds. The normalized spacial score (nSPS) is 11.2. The third kappa shape index (κ3) is 4.47. The first kappa shape index (κ1) is 20.3. The number of nitrogens with zero attached hydrogens (tertiary/aromatic N) is 2. The lowest BCUT2D eigenvalue weighted by Gasteiger charge is -2.08. The van der Waals surface area contributed by atoms with Gasteiger partial charge in [-0.1, -0.05) is 47.3 Å². The molecule has 0 bridgehead atoms. The summed E-state index contributed by atoms with van der Waals surface area (Å²) in [4.78, 5) is 5.66. The van der Waals surface area contributed by atoms with Crippen molar-refractivity contribution < 1.29 is 5.21 Å². The van der Waals surface area contributed by atoms with Crippen LogP contribution in [0, 0.1) is 11.8 Å². The summed E-state index contributed by atoms with van der Waals surface area (Å²) >= 11 is 1.71. The third-order valence-electron chi connectivity index (χ3n) is 4.84. The molecular formula is C25H20N4OS. The van der Waals surface area contributed by atoms with E-state index in [1.165, 1.54) is 4.90 Å². The van der Waals surface area contributed by atoms with Crippen LogP contribution < -0.4 is 11.5 Å². The van der Waals surface area contributed by atoms with Crippen molar-refractivity contribution in [2.45, 2.75) is 4.90 Å². The maximum absolute atomic E-state index is 8.89. The summed E-state index contributed by atoms with van der Waals surface area (Å²) in [5.74, 6) is 6.82. The predicted octanol–water partition coefficient (Wildman–Crippen LogP) is 4.70. The summed E-state index contributed by atoms with van der Waals surface area (Å²) in [7, 11) is 0. The second-order valence-electron chi connectivity index (χ2n) is 6.87. The van der Waals surface area contributed by atoms with Crippen LogP contribution in [0.1, 0.15) is 16.7 Å². The van der Waals surface area contributed by atoms with E-state index in [4.69, 9.17) is 16.7 Å². The van der Waals surface area contributed by atoms with E-state index in [0.717, 1.165) is 33.2 Å². The molecule has 0 aliphatic rings. The van der Waals surface area contributed by atoms with Gasteiger partial charge in [-0.3, -0.25) is 0 Å². The Hall–Kier alpha value is -3.95. The number of benzene rings is 3. The molecule has 4 rings (SSSR count). The highest BCUT2D eigenvalue weighted by Crippen LogP contribution is 2.29. The fraction of sp³-hybridized carbons (Fsp3) is 0.0400. The Morgan fingerprint density at radius 3 is 2.58 bits per heavy atom.